The van der Waals surface area contributed by atoms with E-state index in [4.69, 9.17) is 5.73 Å². The molecule has 2 nitrogen and oxygen atoms in total. The number of rotatable bonds is 3. The summed E-state index contributed by atoms with van der Waals surface area (Å²) in [6.45, 7) is 3.41. The summed E-state index contributed by atoms with van der Waals surface area (Å²) in [6, 6.07) is 17.1. The Kier molecular flexibility index (Phi) is 4.03. The standard InChI is InChI=1S/C18H22N2/c19-18-9-7-15(8-10-18)11-13-20-12-3-6-16-4-1-2-5-17(16)14-20/h1-2,4-5,7-10H,3,6,11-14,19H2. The van der Waals surface area contributed by atoms with Crippen molar-refractivity contribution in [2.24, 2.45) is 0 Å². The molecule has 0 aromatic heterocycles. The predicted molar refractivity (Wildman–Crippen MR) is 84.6 cm³/mol. The van der Waals surface area contributed by atoms with Crippen molar-refractivity contribution < 1.29 is 0 Å². The number of anilines is 1. The summed E-state index contributed by atoms with van der Waals surface area (Å²) in [5.41, 5.74) is 11.0. The van der Waals surface area contributed by atoms with Crippen LogP contribution in [0.5, 0.6) is 0 Å². The van der Waals surface area contributed by atoms with Gasteiger partial charge in [-0.25, -0.2) is 0 Å². The molecule has 0 aliphatic carbocycles. The second-order valence-electron chi connectivity index (χ2n) is 5.64. The quantitative estimate of drug-likeness (QED) is 0.864. The van der Waals surface area contributed by atoms with Gasteiger partial charge in [-0.1, -0.05) is 36.4 Å². The highest BCUT2D eigenvalue weighted by molar-refractivity contribution is 5.39. The van der Waals surface area contributed by atoms with Gasteiger partial charge in [0.1, 0.15) is 0 Å². The van der Waals surface area contributed by atoms with Gasteiger partial charge in [0, 0.05) is 18.8 Å². The molecule has 1 heterocycles. The number of nitrogens with zero attached hydrogens (tertiary/aromatic N) is 1. The van der Waals surface area contributed by atoms with E-state index < -0.39 is 0 Å². The average molecular weight is 266 g/mol. The Morgan fingerprint density at radius 3 is 2.50 bits per heavy atom. The summed E-state index contributed by atoms with van der Waals surface area (Å²) in [5, 5.41) is 0. The molecule has 2 aromatic rings. The highest BCUT2D eigenvalue weighted by Gasteiger charge is 2.13. The van der Waals surface area contributed by atoms with E-state index in [9.17, 15) is 0 Å². The van der Waals surface area contributed by atoms with Gasteiger partial charge in [0.2, 0.25) is 0 Å². The molecule has 0 saturated carbocycles. The lowest BCUT2D eigenvalue weighted by Crippen LogP contribution is -2.25. The minimum absolute atomic E-state index is 0.845. The molecular formula is C18H22N2. The molecule has 0 bridgehead atoms. The average Bonchev–Trinajstić information content (AvgIpc) is 2.68. The van der Waals surface area contributed by atoms with Crippen LogP contribution in [0.3, 0.4) is 0 Å². The van der Waals surface area contributed by atoms with Crippen LogP contribution in [0, 0.1) is 0 Å². The lowest BCUT2D eigenvalue weighted by atomic mass is 10.0. The molecule has 1 aliphatic heterocycles. The van der Waals surface area contributed by atoms with Gasteiger partial charge < -0.3 is 5.73 Å². The zero-order valence-electron chi connectivity index (χ0n) is 11.9. The molecule has 0 atom stereocenters. The topological polar surface area (TPSA) is 29.3 Å². The number of fused-ring (bicyclic) bond motifs is 1. The van der Waals surface area contributed by atoms with Gasteiger partial charge in [0.15, 0.2) is 0 Å². The van der Waals surface area contributed by atoms with Crippen LogP contribution in [0.2, 0.25) is 0 Å². The zero-order chi connectivity index (χ0) is 13.8. The van der Waals surface area contributed by atoms with Crippen LogP contribution in [-0.4, -0.2) is 18.0 Å². The molecule has 2 aromatic carbocycles. The Hall–Kier alpha value is -1.80. The molecule has 0 radical (unpaired) electrons. The third kappa shape index (κ3) is 3.20. The zero-order valence-corrected chi connectivity index (χ0v) is 11.9. The number of benzene rings is 2. The number of aryl methyl sites for hydroxylation is 1. The molecular weight excluding hydrogens is 244 g/mol. The van der Waals surface area contributed by atoms with E-state index in [1.165, 1.54) is 36.1 Å². The molecule has 3 rings (SSSR count). The lowest BCUT2D eigenvalue weighted by molar-refractivity contribution is 0.273. The Balaban J connectivity index is 1.62. The summed E-state index contributed by atoms with van der Waals surface area (Å²) in [5.74, 6) is 0. The van der Waals surface area contributed by atoms with Crippen LogP contribution in [0.1, 0.15) is 23.1 Å². The lowest BCUT2D eigenvalue weighted by Gasteiger charge is -2.20. The third-order valence-corrected chi connectivity index (χ3v) is 4.13. The van der Waals surface area contributed by atoms with Crippen molar-refractivity contribution in [3.8, 4) is 0 Å². The molecule has 2 heteroatoms. The van der Waals surface area contributed by atoms with Gasteiger partial charge in [-0.05, 0) is 54.6 Å². The molecule has 20 heavy (non-hydrogen) atoms. The minimum atomic E-state index is 0.845. The van der Waals surface area contributed by atoms with Gasteiger partial charge in [0.25, 0.3) is 0 Å². The highest BCUT2D eigenvalue weighted by atomic mass is 15.1. The van der Waals surface area contributed by atoms with Gasteiger partial charge in [-0.3, -0.25) is 4.90 Å². The molecule has 2 N–H and O–H groups in total. The van der Waals surface area contributed by atoms with E-state index >= 15 is 0 Å². The number of nitrogen functional groups attached to an aromatic ring is 1. The maximum atomic E-state index is 5.73. The summed E-state index contributed by atoms with van der Waals surface area (Å²) in [6.07, 6.45) is 3.58. The van der Waals surface area contributed by atoms with Crippen LogP contribution in [-0.2, 0) is 19.4 Å². The Morgan fingerprint density at radius 1 is 0.950 bits per heavy atom. The number of hydrogen-bond acceptors (Lipinski definition) is 2. The SMILES string of the molecule is Nc1ccc(CCN2CCCc3ccccc3C2)cc1. The first-order valence-electron chi connectivity index (χ1n) is 7.45. The summed E-state index contributed by atoms with van der Waals surface area (Å²) in [4.78, 5) is 2.57. The van der Waals surface area contributed by atoms with Gasteiger partial charge in [-0.2, -0.15) is 0 Å². The van der Waals surface area contributed by atoms with Crippen LogP contribution in [0.25, 0.3) is 0 Å². The first-order valence-corrected chi connectivity index (χ1v) is 7.45. The third-order valence-electron chi connectivity index (χ3n) is 4.13. The predicted octanol–water partition coefficient (Wildman–Crippen LogP) is 3.26. The van der Waals surface area contributed by atoms with Crippen molar-refractivity contribution in [3.05, 3.63) is 65.2 Å². The Bertz CT molecular complexity index is 560. The van der Waals surface area contributed by atoms with Gasteiger partial charge in [0.05, 0.1) is 0 Å². The molecule has 0 saturated heterocycles. The minimum Gasteiger partial charge on any atom is -0.399 e. The van der Waals surface area contributed by atoms with E-state index in [1.54, 1.807) is 0 Å². The maximum Gasteiger partial charge on any atom is 0.0314 e. The first-order chi connectivity index (χ1) is 9.81. The molecule has 0 unspecified atom stereocenters. The van der Waals surface area contributed by atoms with Crippen LogP contribution >= 0.6 is 0 Å². The Labute approximate surface area is 121 Å². The maximum absolute atomic E-state index is 5.73. The van der Waals surface area contributed by atoms with Crippen LogP contribution < -0.4 is 5.73 Å². The summed E-state index contributed by atoms with van der Waals surface area (Å²) < 4.78 is 0. The smallest absolute Gasteiger partial charge is 0.0314 e. The molecule has 1 aliphatic rings. The van der Waals surface area contributed by atoms with Gasteiger partial charge >= 0.3 is 0 Å². The molecule has 0 amide bonds. The number of nitrogens with two attached hydrogens (primary N) is 1. The van der Waals surface area contributed by atoms with Crippen LogP contribution in [0.15, 0.2) is 48.5 Å². The first kappa shape index (κ1) is 13.2. The van der Waals surface area contributed by atoms with Gasteiger partial charge in [-0.15, -0.1) is 0 Å². The summed E-state index contributed by atoms with van der Waals surface area (Å²) in [7, 11) is 0. The van der Waals surface area contributed by atoms with Crippen molar-refractivity contribution in [2.75, 3.05) is 18.8 Å². The fraction of sp³-hybridized carbons (Fsp3) is 0.333. The van der Waals surface area contributed by atoms with E-state index in [0.29, 0.717) is 0 Å². The van der Waals surface area contributed by atoms with E-state index in [2.05, 4.69) is 41.3 Å². The largest absolute Gasteiger partial charge is 0.399 e. The molecule has 104 valence electrons. The highest BCUT2D eigenvalue weighted by Crippen LogP contribution is 2.18. The second kappa shape index (κ2) is 6.10. The van der Waals surface area contributed by atoms with Crippen LogP contribution in [0.4, 0.5) is 5.69 Å². The fourth-order valence-corrected chi connectivity index (χ4v) is 2.93. The van der Waals surface area contributed by atoms with Crippen molar-refractivity contribution in [3.63, 3.8) is 0 Å². The van der Waals surface area contributed by atoms with Crippen molar-refractivity contribution >= 4 is 5.69 Å². The summed E-state index contributed by atoms with van der Waals surface area (Å²) >= 11 is 0. The van der Waals surface area contributed by atoms with E-state index in [0.717, 1.165) is 25.2 Å². The molecule has 0 fully saturated rings. The van der Waals surface area contributed by atoms with Crippen molar-refractivity contribution in [1.29, 1.82) is 0 Å². The fourth-order valence-electron chi connectivity index (χ4n) is 2.93. The Morgan fingerprint density at radius 2 is 1.70 bits per heavy atom. The monoisotopic (exact) mass is 266 g/mol. The van der Waals surface area contributed by atoms with E-state index in [1.807, 2.05) is 12.1 Å². The van der Waals surface area contributed by atoms with Crippen molar-refractivity contribution in [2.45, 2.75) is 25.8 Å². The van der Waals surface area contributed by atoms with Crippen molar-refractivity contribution in [1.82, 2.24) is 4.90 Å². The second-order valence-corrected chi connectivity index (χ2v) is 5.64. The molecule has 0 spiro atoms. The van der Waals surface area contributed by atoms with E-state index in [-0.39, 0.29) is 0 Å². The number of hydrogen-bond donors (Lipinski definition) is 1. The normalized spacial score (nSPS) is 15.6.